The molecule has 0 saturated heterocycles. The van der Waals surface area contributed by atoms with Crippen molar-refractivity contribution in [2.24, 2.45) is 0 Å². The van der Waals surface area contributed by atoms with Crippen LogP contribution in [0.4, 0.5) is 5.69 Å². The van der Waals surface area contributed by atoms with Gasteiger partial charge in [-0.3, -0.25) is 0 Å². The van der Waals surface area contributed by atoms with Crippen molar-refractivity contribution in [2.45, 2.75) is 18.9 Å². The summed E-state index contributed by atoms with van der Waals surface area (Å²) in [6.07, 6.45) is 14.0. The van der Waals surface area contributed by atoms with Gasteiger partial charge in [-0.05, 0) is 127 Å². The Hall–Kier alpha value is -7.16. The van der Waals surface area contributed by atoms with Crippen molar-refractivity contribution in [2.75, 3.05) is 4.90 Å². The van der Waals surface area contributed by atoms with Gasteiger partial charge in [-0.25, -0.2) is 0 Å². The second-order valence-corrected chi connectivity index (χ2v) is 15.5. The van der Waals surface area contributed by atoms with Gasteiger partial charge in [0.2, 0.25) is 0 Å². The van der Waals surface area contributed by atoms with Crippen LogP contribution >= 0.6 is 0 Å². The Labute approximate surface area is 331 Å². The molecule has 0 spiro atoms. The van der Waals surface area contributed by atoms with Crippen LogP contribution in [0.5, 0.6) is 0 Å². The van der Waals surface area contributed by atoms with Gasteiger partial charge < -0.3 is 9.32 Å². The van der Waals surface area contributed by atoms with Gasteiger partial charge in [-0.1, -0.05) is 146 Å². The largest absolute Gasteiger partial charge is 0.455 e. The van der Waals surface area contributed by atoms with E-state index >= 15 is 0 Å². The monoisotopic (exact) mass is 727 g/mol. The maximum Gasteiger partial charge on any atom is 0.143 e. The quantitative estimate of drug-likeness (QED) is 0.168. The SMILES string of the molecule is C1=CC2C=C(C=C1c1cc(-c3ccccc3)cc3c1oc1ccc(-c4ccccc4)cc13)c1ccccc1N2C1=Cc2c(c3ccccc3c3ccccc23)CC1. The Morgan fingerprint density at radius 1 is 0.474 bits per heavy atom. The number of rotatable bonds is 4. The van der Waals surface area contributed by atoms with Gasteiger partial charge in [0.25, 0.3) is 0 Å². The van der Waals surface area contributed by atoms with Crippen LogP contribution in [0.2, 0.25) is 0 Å². The number of fused-ring (bicyclic) bond motifs is 12. The summed E-state index contributed by atoms with van der Waals surface area (Å²) in [6.45, 7) is 0. The molecule has 1 aliphatic heterocycles. The fraction of sp³-hybridized carbons (Fsp3) is 0.0545. The van der Waals surface area contributed by atoms with E-state index in [4.69, 9.17) is 4.42 Å². The van der Waals surface area contributed by atoms with Gasteiger partial charge in [-0.2, -0.15) is 0 Å². The number of benzene rings is 8. The molecule has 1 atom stereocenters. The van der Waals surface area contributed by atoms with E-state index < -0.39 is 0 Å². The first-order chi connectivity index (χ1) is 28.2. The summed E-state index contributed by atoms with van der Waals surface area (Å²) in [7, 11) is 0. The maximum absolute atomic E-state index is 6.84. The number of hydrogen-bond acceptors (Lipinski definition) is 2. The van der Waals surface area contributed by atoms with E-state index in [0.29, 0.717) is 0 Å². The zero-order valence-electron chi connectivity index (χ0n) is 31.3. The first-order valence-corrected chi connectivity index (χ1v) is 20.0. The van der Waals surface area contributed by atoms with Gasteiger partial charge in [0.05, 0.1) is 6.04 Å². The Balaban J connectivity index is 1.02. The molecule has 0 fully saturated rings. The molecule has 0 radical (unpaired) electrons. The lowest BCUT2D eigenvalue weighted by molar-refractivity contribution is 0.668. The van der Waals surface area contributed by atoms with E-state index in [0.717, 1.165) is 45.9 Å². The highest BCUT2D eigenvalue weighted by atomic mass is 16.3. The summed E-state index contributed by atoms with van der Waals surface area (Å²) < 4.78 is 6.84. The molecule has 0 saturated carbocycles. The second-order valence-electron chi connectivity index (χ2n) is 15.5. The average molecular weight is 728 g/mol. The molecule has 8 aromatic carbocycles. The number of hydrogen-bond donors (Lipinski definition) is 0. The summed E-state index contributed by atoms with van der Waals surface area (Å²) in [6, 6.07) is 59.4. The third-order valence-corrected chi connectivity index (χ3v) is 12.3. The van der Waals surface area contributed by atoms with Crippen LogP contribution in [0.15, 0.2) is 198 Å². The van der Waals surface area contributed by atoms with Crippen LogP contribution in [0.25, 0.3) is 83.0 Å². The highest BCUT2D eigenvalue weighted by molar-refractivity contribution is 6.14. The lowest BCUT2D eigenvalue weighted by Crippen LogP contribution is -2.35. The van der Waals surface area contributed by atoms with Gasteiger partial charge in [0.15, 0.2) is 0 Å². The fourth-order valence-corrected chi connectivity index (χ4v) is 9.69. The summed E-state index contributed by atoms with van der Waals surface area (Å²) in [5, 5.41) is 7.62. The molecular weight excluding hydrogens is 691 g/mol. The molecule has 2 heterocycles. The van der Waals surface area contributed by atoms with E-state index in [9.17, 15) is 0 Å². The van der Waals surface area contributed by atoms with Crippen LogP contribution in [0.3, 0.4) is 0 Å². The topological polar surface area (TPSA) is 16.4 Å². The van der Waals surface area contributed by atoms with Crippen molar-refractivity contribution in [3.05, 3.63) is 216 Å². The van der Waals surface area contributed by atoms with Crippen molar-refractivity contribution < 1.29 is 4.42 Å². The molecule has 9 aromatic rings. The average Bonchev–Trinajstić information content (AvgIpc) is 3.55. The first-order valence-electron chi connectivity index (χ1n) is 20.0. The number of furan rings is 1. The minimum atomic E-state index is 0.0556. The van der Waals surface area contributed by atoms with Crippen molar-refractivity contribution in [3.63, 3.8) is 0 Å². The highest BCUT2D eigenvalue weighted by Crippen LogP contribution is 2.46. The predicted octanol–water partition coefficient (Wildman–Crippen LogP) is 14.4. The van der Waals surface area contributed by atoms with E-state index in [2.05, 4.69) is 199 Å². The summed E-state index contributed by atoms with van der Waals surface area (Å²) in [4.78, 5) is 2.58. The van der Waals surface area contributed by atoms with Gasteiger partial charge in [0.1, 0.15) is 11.2 Å². The van der Waals surface area contributed by atoms with Crippen molar-refractivity contribution in [1.82, 2.24) is 0 Å². The second kappa shape index (κ2) is 12.7. The molecule has 1 aromatic heterocycles. The first kappa shape index (κ1) is 32.1. The standard InChI is InChI=1S/C55H37NO/c1-3-13-35(14-4-1)37-24-28-54-51(31-37)52-33-39(36-15-5-2-6-16-36)32-49(55(52)57-54)38-23-25-41-30-40(29-38)43-17-11-12-22-53(43)56(41)42-26-27-48-46-20-8-7-18-44(46)45-19-9-10-21-47(45)50(48)34-42/h1-25,28-34,41H,26-27H2. The lowest BCUT2D eigenvalue weighted by atomic mass is 9.84. The Morgan fingerprint density at radius 2 is 1.14 bits per heavy atom. The molecule has 2 bridgehead atoms. The molecule has 2 aliphatic carbocycles. The predicted molar refractivity (Wildman–Crippen MR) is 240 cm³/mol. The molecule has 2 heteroatoms. The molecule has 0 N–H and O–H groups in total. The van der Waals surface area contributed by atoms with Crippen LogP contribution in [0, 0.1) is 0 Å². The van der Waals surface area contributed by atoms with E-state index in [1.165, 1.54) is 77.4 Å². The number of anilines is 1. The van der Waals surface area contributed by atoms with Gasteiger partial charge in [0, 0.05) is 33.3 Å². The normalized spacial score (nSPS) is 16.0. The molecular formula is C55H37NO. The zero-order chi connectivity index (χ0) is 37.5. The van der Waals surface area contributed by atoms with Crippen molar-refractivity contribution in [3.8, 4) is 22.3 Å². The summed E-state index contributed by atoms with van der Waals surface area (Å²) in [5.41, 5.74) is 16.7. The molecule has 57 heavy (non-hydrogen) atoms. The molecule has 268 valence electrons. The molecule has 0 amide bonds. The minimum Gasteiger partial charge on any atom is -0.455 e. The Morgan fingerprint density at radius 3 is 1.95 bits per heavy atom. The number of aryl methyl sites for hydroxylation is 1. The zero-order valence-corrected chi connectivity index (χ0v) is 31.3. The van der Waals surface area contributed by atoms with Crippen LogP contribution in [0.1, 0.15) is 28.7 Å². The van der Waals surface area contributed by atoms with Crippen LogP contribution < -0.4 is 4.90 Å². The smallest absolute Gasteiger partial charge is 0.143 e. The number of nitrogens with zero attached hydrogens (tertiary/aromatic N) is 1. The number of allylic oxidation sites excluding steroid dienone is 5. The molecule has 3 aliphatic rings. The van der Waals surface area contributed by atoms with Crippen LogP contribution in [-0.2, 0) is 6.42 Å². The van der Waals surface area contributed by atoms with Crippen molar-refractivity contribution >= 4 is 66.4 Å². The third kappa shape index (κ3) is 5.11. The Bertz CT molecular complexity index is 3230. The molecule has 2 nitrogen and oxygen atoms in total. The summed E-state index contributed by atoms with van der Waals surface area (Å²) in [5.74, 6) is 0. The Kier molecular flexibility index (Phi) is 7.15. The van der Waals surface area contributed by atoms with Gasteiger partial charge in [-0.15, -0.1) is 0 Å². The summed E-state index contributed by atoms with van der Waals surface area (Å²) >= 11 is 0. The fourth-order valence-electron chi connectivity index (χ4n) is 9.69. The van der Waals surface area contributed by atoms with E-state index in [1.54, 1.807) is 0 Å². The lowest BCUT2D eigenvalue weighted by Gasteiger charge is -2.39. The minimum absolute atomic E-state index is 0.0556. The van der Waals surface area contributed by atoms with Gasteiger partial charge >= 0.3 is 0 Å². The maximum atomic E-state index is 6.84. The van der Waals surface area contributed by atoms with Crippen LogP contribution in [-0.4, -0.2) is 6.04 Å². The van der Waals surface area contributed by atoms with E-state index in [-0.39, 0.29) is 6.04 Å². The molecule has 1 unspecified atom stereocenters. The number of para-hydroxylation sites is 1. The van der Waals surface area contributed by atoms with E-state index in [1.807, 2.05) is 0 Å². The van der Waals surface area contributed by atoms with Crippen molar-refractivity contribution in [1.29, 1.82) is 0 Å². The molecule has 12 rings (SSSR count). The third-order valence-electron chi connectivity index (χ3n) is 12.3. The highest BCUT2D eigenvalue weighted by Gasteiger charge is 2.31.